The van der Waals surface area contributed by atoms with Crippen molar-refractivity contribution in [3.63, 3.8) is 0 Å². The van der Waals surface area contributed by atoms with Gasteiger partial charge < -0.3 is 5.73 Å². The van der Waals surface area contributed by atoms with Crippen molar-refractivity contribution in [1.29, 1.82) is 0 Å². The van der Waals surface area contributed by atoms with E-state index in [2.05, 4.69) is 4.72 Å². The van der Waals surface area contributed by atoms with E-state index in [1.54, 1.807) is 13.8 Å². The van der Waals surface area contributed by atoms with Crippen LogP contribution >= 0.6 is 12.4 Å². The van der Waals surface area contributed by atoms with Crippen molar-refractivity contribution in [2.75, 3.05) is 6.54 Å². The lowest BCUT2D eigenvalue weighted by Gasteiger charge is -2.19. The van der Waals surface area contributed by atoms with Crippen LogP contribution < -0.4 is 10.5 Å². The van der Waals surface area contributed by atoms with Gasteiger partial charge in [0.05, 0.1) is 10.5 Å². The van der Waals surface area contributed by atoms with Gasteiger partial charge in [-0.2, -0.15) is 13.2 Å². The first kappa shape index (κ1) is 20.1. The average Bonchev–Trinajstić information content (AvgIpc) is 2.24. The molecule has 0 amide bonds. The molecule has 0 aliphatic rings. The Labute approximate surface area is 126 Å². The van der Waals surface area contributed by atoms with E-state index in [-0.39, 0.29) is 25.0 Å². The van der Waals surface area contributed by atoms with Gasteiger partial charge in [-0.3, -0.25) is 0 Å². The smallest absolute Gasteiger partial charge is 0.324 e. The molecule has 0 fully saturated rings. The van der Waals surface area contributed by atoms with E-state index >= 15 is 0 Å². The molecule has 1 aromatic carbocycles. The summed E-state index contributed by atoms with van der Waals surface area (Å²) in [5, 5.41) is 0. The second kappa shape index (κ2) is 6.47. The number of alkyl halides is 3. The summed E-state index contributed by atoms with van der Waals surface area (Å²) in [4.78, 5) is -0.671. The summed E-state index contributed by atoms with van der Waals surface area (Å²) in [7, 11) is -4.19. The molecule has 1 aromatic rings. The fraction of sp³-hybridized carbons (Fsp3) is 0.455. The number of sulfonamides is 1. The molecule has 0 atom stereocenters. The molecular weight excluding hydrogens is 336 g/mol. The predicted octanol–water partition coefficient (Wildman–Crippen LogP) is 2.28. The van der Waals surface area contributed by atoms with Crippen LogP contribution in [0.3, 0.4) is 0 Å². The summed E-state index contributed by atoms with van der Waals surface area (Å²) in [5.74, 6) is -1.53. The highest BCUT2D eigenvalue weighted by Gasteiger charge is 2.35. The van der Waals surface area contributed by atoms with Crippen molar-refractivity contribution in [3.8, 4) is 0 Å². The first-order valence-electron chi connectivity index (χ1n) is 5.48. The van der Waals surface area contributed by atoms with Crippen LogP contribution in [0, 0.1) is 5.82 Å². The molecule has 0 radical (unpaired) electrons. The number of hydrogen-bond acceptors (Lipinski definition) is 3. The van der Waals surface area contributed by atoms with Crippen LogP contribution in [0.1, 0.15) is 19.4 Å². The zero-order valence-electron chi connectivity index (χ0n) is 11.2. The molecule has 0 saturated carbocycles. The van der Waals surface area contributed by atoms with Crippen LogP contribution in [0.4, 0.5) is 17.6 Å². The highest BCUT2D eigenvalue weighted by Crippen LogP contribution is 2.32. The lowest BCUT2D eigenvalue weighted by atomic mass is 10.1. The predicted molar refractivity (Wildman–Crippen MR) is 72.1 cm³/mol. The Kier molecular flexibility index (Phi) is 6.19. The van der Waals surface area contributed by atoms with Gasteiger partial charge in [-0.25, -0.2) is 17.5 Å². The largest absolute Gasteiger partial charge is 0.419 e. The summed E-state index contributed by atoms with van der Waals surface area (Å²) in [6, 6.07) is 1.47. The van der Waals surface area contributed by atoms with Crippen molar-refractivity contribution in [1.82, 2.24) is 4.72 Å². The summed E-state index contributed by atoms with van der Waals surface area (Å²) >= 11 is 0. The van der Waals surface area contributed by atoms with Gasteiger partial charge >= 0.3 is 6.18 Å². The Morgan fingerprint density at radius 1 is 1.24 bits per heavy atom. The highest BCUT2D eigenvalue weighted by molar-refractivity contribution is 7.89. The van der Waals surface area contributed by atoms with E-state index in [1.165, 1.54) is 0 Å². The van der Waals surface area contributed by atoms with Crippen LogP contribution in [0.2, 0.25) is 0 Å². The molecule has 0 aliphatic heterocycles. The standard InChI is InChI=1S/C11H14F4N2O2S.ClH/c1-10(2,16)6-17-20(18,19)7-3-4-9(12)8(5-7)11(13,14)15;/h3-5,17H,6,16H2,1-2H3;1H. The molecule has 0 bridgehead atoms. The van der Waals surface area contributed by atoms with Gasteiger partial charge in [-0.05, 0) is 32.0 Å². The minimum atomic E-state index is -4.97. The fourth-order valence-electron chi connectivity index (χ4n) is 1.25. The van der Waals surface area contributed by atoms with E-state index in [1.807, 2.05) is 0 Å². The van der Waals surface area contributed by atoms with Gasteiger partial charge in [0.25, 0.3) is 0 Å². The first-order chi connectivity index (χ1) is 8.83. The fourth-order valence-corrected chi connectivity index (χ4v) is 2.50. The Balaban J connectivity index is 0.00000400. The lowest BCUT2D eigenvalue weighted by Crippen LogP contribution is -2.45. The van der Waals surface area contributed by atoms with Gasteiger partial charge in [0.1, 0.15) is 5.82 Å². The molecule has 1 rings (SSSR count). The van der Waals surface area contributed by atoms with Crippen LogP contribution in [-0.2, 0) is 16.2 Å². The number of rotatable bonds is 4. The van der Waals surface area contributed by atoms with E-state index < -0.39 is 38.0 Å². The van der Waals surface area contributed by atoms with Crippen LogP contribution in [-0.4, -0.2) is 20.5 Å². The van der Waals surface area contributed by atoms with Gasteiger partial charge in [-0.1, -0.05) is 0 Å². The Morgan fingerprint density at radius 3 is 2.19 bits per heavy atom. The molecule has 21 heavy (non-hydrogen) atoms. The Morgan fingerprint density at radius 2 is 1.76 bits per heavy atom. The molecule has 3 N–H and O–H groups in total. The molecule has 0 saturated heterocycles. The number of hydrogen-bond donors (Lipinski definition) is 2. The van der Waals surface area contributed by atoms with E-state index in [0.29, 0.717) is 6.07 Å². The summed E-state index contributed by atoms with van der Waals surface area (Å²) in [5.41, 5.74) is 3.07. The van der Waals surface area contributed by atoms with Gasteiger partial charge in [0.15, 0.2) is 0 Å². The maximum atomic E-state index is 13.1. The molecule has 0 aromatic heterocycles. The van der Waals surface area contributed by atoms with E-state index in [9.17, 15) is 26.0 Å². The zero-order chi connectivity index (χ0) is 15.8. The third-order valence-corrected chi connectivity index (χ3v) is 3.67. The molecule has 10 heteroatoms. The summed E-state index contributed by atoms with van der Waals surface area (Å²) in [6.45, 7) is 2.91. The molecule has 0 unspecified atom stereocenters. The Bertz CT molecular complexity index is 597. The molecule has 4 nitrogen and oxygen atoms in total. The number of nitrogens with one attached hydrogen (secondary N) is 1. The zero-order valence-corrected chi connectivity index (χ0v) is 12.8. The third kappa shape index (κ3) is 5.77. The highest BCUT2D eigenvalue weighted by atomic mass is 35.5. The minimum Gasteiger partial charge on any atom is -0.324 e. The molecular formula is C11H15ClF4N2O2S. The van der Waals surface area contributed by atoms with Crippen LogP contribution in [0.5, 0.6) is 0 Å². The molecule has 0 aliphatic carbocycles. The number of benzene rings is 1. The Hall–Kier alpha value is -0.900. The maximum absolute atomic E-state index is 13.1. The monoisotopic (exact) mass is 350 g/mol. The summed E-state index contributed by atoms with van der Waals surface area (Å²) in [6.07, 6.45) is -4.97. The van der Waals surface area contributed by atoms with Crippen molar-refractivity contribution in [3.05, 3.63) is 29.6 Å². The van der Waals surface area contributed by atoms with Gasteiger partial charge in [-0.15, -0.1) is 12.4 Å². The average molecular weight is 351 g/mol. The van der Waals surface area contributed by atoms with Gasteiger partial charge in [0, 0.05) is 12.1 Å². The molecule has 122 valence electrons. The third-order valence-electron chi connectivity index (χ3n) is 2.27. The molecule has 0 spiro atoms. The first-order valence-corrected chi connectivity index (χ1v) is 6.96. The van der Waals surface area contributed by atoms with E-state index in [4.69, 9.17) is 5.73 Å². The lowest BCUT2D eigenvalue weighted by molar-refractivity contribution is -0.140. The second-order valence-electron chi connectivity index (χ2n) is 4.95. The quantitative estimate of drug-likeness (QED) is 0.818. The van der Waals surface area contributed by atoms with Gasteiger partial charge in [0.2, 0.25) is 10.0 Å². The number of halogens is 5. The minimum absolute atomic E-state index is 0. The normalized spacial score (nSPS) is 12.9. The van der Waals surface area contributed by atoms with Crippen molar-refractivity contribution in [2.45, 2.75) is 30.5 Å². The van der Waals surface area contributed by atoms with Crippen molar-refractivity contribution < 1.29 is 26.0 Å². The van der Waals surface area contributed by atoms with Crippen molar-refractivity contribution in [2.24, 2.45) is 5.73 Å². The van der Waals surface area contributed by atoms with Crippen LogP contribution in [0.15, 0.2) is 23.1 Å². The second-order valence-corrected chi connectivity index (χ2v) is 6.72. The summed E-state index contributed by atoms with van der Waals surface area (Å²) < 4.78 is 76.3. The number of nitrogens with two attached hydrogens (primary N) is 1. The SMILES string of the molecule is CC(C)(N)CNS(=O)(=O)c1ccc(F)c(C(F)(F)F)c1.Cl. The van der Waals surface area contributed by atoms with Crippen molar-refractivity contribution >= 4 is 22.4 Å². The molecule has 0 heterocycles. The van der Waals surface area contributed by atoms with Crippen LogP contribution in [0.25, 0.3) is 0 Å². The van der Waals surface area contributed by atoms with E-state index in [0.717, 1.165) is 6.07 Å². The maximum Gasteiger partial charge on any atom is 0.419 e. The topological polar surface area (TPSA) is 72.2 Å².